The van der Waals surface area contributed by atoms with Gasteiger partial charge in [0.1, 0.15) is 19.0 Å². The minimum atomic E-state index is -4.09. The number of aryl methyl sites for hydroxylation is 1. The molecule has 1 N–H and O–H groups in total. The number of carbonyl (C=O) groups excluding carboxylic acids is 1. The smallest absolute Gasteiger partial charge is 0.297 e. The highest BCUT2D eigenvalue weighted by atomic mass is 32.2. The van der Waals surface area contributed by atoms with Gasteiger partial charge in [-0.1, -0.05) is 42.0 Å². The van der Waals surface area contributed by atoms with Gasteiger partial charge in [-0.3, -0.25) is 8.98 Å². The molecular formula is C32H37NO10S. The van der Waals surface area contributed by atoms with Crippen LogP contribution in [0, 0.1) is 6.92 Å². The number of benzene rings is 3. The van der Waals surface area contributed by atoms with Gasteiger partial charge in [0.05, 0.1) is 17.6 Å². The van der Waals surface area contributed by atoms with Crippen LogP contribution >= 0.6 is 0 Å². The van der Waals surface area contributed by atoms with Gasteiger partial charge in [-0.15, -0.1) is 0 Å². The molecule has 2 heterocycles. The van der Waals surface area contributed by atoms with Crippen LogP contribution in [0.4, 0.5) is 0 Å². The number of hydrogen-bond acceptors (Lipinski definition) is 10. The molecule has 0 bridgehead atoms. The van der Waals surface area contributed by atoms with Crippen LogP contribution in [0.2, 0.25) is 0 Å². The van der Waals surface area contributed by atoms with E-state index in [0.717, 1.165) is 11.1 Å². The highest BCUT2D eigenvalue weighted by Crippen LogP contribution is 2.40. The molecule has 4 atom stereocenters. The van der Waals surface area contributed by atoms with Crippen LogP contribution in [-0.4, -0.2) is 72.3 Å². The molecule has 1 fully saturated rings. The number of carbonyl (C=O) groups is 1. The molecular weight excluding hydrogens is 590 g/mol. The lowest BCUT2D eigenvalue weighted by Gasteiger charge is -2.33. The highest BCUT2D eigenvalue weighted by Gasteiger charge is 2.49. The summed E-state index contributed by atoms with van der Waals surface area (Å²) < 4.78 is 66.8. The van der Waals surface area contributed by atoms with Crippen molar-refractivity contribution in [2.75, 3.05) is 33.8 Å². The molecule has 11 nitrogen and oxygen atoms in total. The van der Waals surface area contributed by atoms with Crippen molar-refractivity contribution in [2.45, 2.75) is 55.7 Å². The molecule has 12 heteroatoms. The van der Waals surface area contributed by atoms with E-state index in [-0.39, 0.29) is 37.5 Å². The first-order valence-corrected chi connectivity index (χ1v) is 15.6. The van der Waals surface area contributed by atoms with E-state index in [4.69, 9.17) is 32.6 Å². The molecule has 2 aliphatic rings. The van der Waals surface area contributed by atoms with E-state index in [1.807, 2.05) is 25.1 Å². The lowest BCUT2D eigenvalue weighted by molar-refractivity contribution is -0.173. The Balaban J connectivity index is 1.45. The maximum atomic E-state index is 13.1. The van der Waals surface area contributed by atoms with Crippen molar-refractivity contribution in [3.63, 3.8) is 0 Å². The maximum Gasteiger partial charge on any atom is 0.297 e. The van der Waals surface area contributed by atoms with E-state index in [9.17, 15) is 13.2 Å². The second-order valence-corrected chi connectivity index (χ2v) is 12.6. The van der Waals surface area contributed by atoms with E-state index in [0.29, 0.717) is 17.1 Å². The standard InChI is InChI=1S/C32H37NO10S/c1-21-10-13-24(14-11-21)44(35,36)41-18-28-30(43-32(2,3)42-28)29(40-19-37-4)25(17-33-31(34)22-8-6-5-7-9-22)23-12-15-26-27(16-23)39-20-38-26/h5-16,25,28-30H,17-20H2,1-4H3,(H,33,34)/t25-,28-,29+,30+/m0/s1. The molecule has 3 aromatic rings. The van der Waals surface area contributed by atoms with Crippen molar-refractivity contribution in [1.29, 1.82) is 0 Å². The van der Waals surface area contributed by atoms with Crippen LogP contribution in [0.15, 0.2) is 77.7 Å². The fraction of sp³-hybridized carbons (Fsp3) is 0.406. The minimum absolute atomic E-state index is 0.0341. The molecule has 5 rings (SSSR count). The highest BCUT2D eigenvalue weighted by molar-refractivity contribution is 7.86. The molecule has 0 saturated carbocycles. The number of amides is 1. The molecule has 0 aliphatic carbocycles. The average molecular weight is 628 g/mol. The zero-order chi connectivity index (χ0) is 31.3. The topological polar surface area (TPSA) is 128 Å². The molecule has 2 aliphatic heterocycles. The van der Waals surface area contributed by atoms with Crippen molar-refractivity contribution >= 4 is 16.0 Å². The predicted octanol–water partition coefficient (Wildman–Crippen LogP) is 4.15. The van der Waals surface area contributed by atoms with Crippen molar-refractivity contribution < 1.29 is 45.8 Å². The summed E-state index contributed by atoms with van der Waals surface area (Å²) in [6, 6.07) is 20.7. The van der Waals surface area contributed by atoms with Crippen molar-refractivity contribution in [2.24, 2.45) is 0 Å². The fourth-order valence-corrected chi connectivity index (χ4v) is 6.17. The zero-order valence-corrected chi connectivity index (χ0v) is 25.9. The summed E-state index contributed by atoms with van der Waals surface area (Å²) in [4.78, 5) is 13.1. The third-order valence-electron chi connectivity index (χ3n) is 7.36. The number of rotatable bonds is 13. The summed E-state index contributed by atoms with van der Waals surface area (Å²) in [5.41, 5.74) is 2.19. The van der Waals surface area contributed by atoms with Crippen molar-refractivity contribution in [1.82, 2.24) is 5.32 Å². The van der Waals surface area contributed by atoms with E-state index in [2.05, 4.69) is 5.32 Å². The summed E-state index contributed by atoms with van der Waals surface area (Å²) in [6.07, 6.45) is -2.46. The van der Waals surface area contributed by atoms with Crippen LogP contribution in [0.25, 0.3) is 0 Å². The number of fused-ring (bicyclic) bond motifs is 1. The Morgan fingerprint density at radius 1 is 1.00 bits per heavy atom. The Morgan fingerprint density at radius 2 is 1.73 bits per heavy atom. The van der Waals surface area contributed by atoms with Gasteiger partial charge in [-0.05, 0) is 62.7 Å². The normalized spacial score (nSPS) is 20.3. The largest absolute Gasteiger partial charge is 0.454 e. The summed E-state index contributed by atoms with van der Waals surface area (Å²) in [5.74, 6) is -0.723. The second-order valence-electron chi connectivity index (χ2n) is 11.0. The Hall–Kier alpha value is -3.52. The van der Waals surface area contributed by atoms with Crippen LogP contribution < -0.4 is 14.8 Å². The first kappa shape index (κ1) is 31.9. The van der Waals surface area contributed by atoms with Gasteiger partial charge < -0.3 is 33.7 Å². The molecule has 44 heavy (non-hydrogen) atoms. The Labute approximate surface area is 257 Å². The van der Waals surface area contributed by atoms with E-state index in [1.54, 1.807) is 56.3 Å². The first-order valence-electron chi connectivity index (χ1n) is 14.2. The minimum Gasteiger partial charge on any atom is -0.454 e. The van der Waals surface area contributed by atoms with Crippen LogP contribution in [-0.2, 0) is 33.2 Å². The molecule has 0 unspecified atom stereocenters. The molecule has 1 amide bonds. The molecule has 0 aromatic heterocycles. The lowest BCUT2D eigenvalue weighted by atomic mass is 9.87. The monoisotopic (exact) mass is 627 g/mol. The van der Waals surface area contributed by atoms with Gasteiger partial charge in [-0.25, -0.2) is 0 Å². The number of ether oxygens (including phenoxy) is 6. The Bertz CT molecular complexity index is 1530. The molecule has 0 radical (unpaired) electrons. The quantitative estimate of drug-likeness (QED) is 0.218. The van der Waals surface area contributed by atoms with Crippen LogP contribution in [0.5, 0.6) is 11.5 Å². The summed E-state index contributed by atoms with van der Waals surface area (Å²) in [6.45, 7) is 5.13. The summed E-state index contributed by atoms with van der Waals surface area (Å²) >= 11 is 0. The number of methoxy groups -OCH3 is 1. The van der Waals surface area contributed by atoms with Crippen molar-refractivity contribution in [3.05, 3.63) is 89.5 Å². The Kier molecular flexibility index (Phi) is 9.88. The third-order valence-corrected chi connectivity index (χ3v) is 8.66. The van der Waals surface area contributed by atoms with Crippen LogP contribution in [0.3, 0.4) is 0 Å². The van der Waals surface area contributed by atoms with Gasteiger partial charge in [0, 0.05) is 25.1 Å². The maximum absolute atomic E-state index is 13.1. The SMILES string of the molecule is COCO[C@@H]([C@@H]1OC(C)(C)O[C@H]1COS(=O)(=O)c1ccc(C)cc1)[C@@H](CNC(=O)c1ccccc1)c1ccc2c(c1)OCO2. The van der Waals surface area contributed by atoms with Gasteiger partial charge in [0.2, 0.25) is 6.79 Å². The van der Waals surface area contributed by atoms with E-state index in [1.165, 1.54) is 19.2 Å². The van der Waals surface area contributed by atoms with E-state index < -0.39 is 40.1 Å². The summed E-state index contributed by atoms with van der Waals surface area (Å²) in [5, 5.41) is 3.01. The molecule has 236 valence electrons. The van der Waals surface area contributed by atoms with Gasteiger partial charge in [-0.2, -0.15) is 8.42 Å². The Morgan fingerprint density at radius 3 is 2.45 bits per heavy atom. The first-order chi connectivity index (χ1) is 21.1. The fourth-order valence-electron chi connectivity index (χ4n) is 5.25. The second kappa shape index (κ2) is 13.6. The molecule has 1 saturated heterocycles. The zero-order valence-electron chi connectivity index (χ0n) is 25.1. The number of nitrogens with one attached hydrogen (secondary N) is 1. The molecule has 0 spiro atoms. The third kappa shape index (κ3) is 7.57. The van der Waals surface area contributed by atoms with E-state index >= 15 is 0 Å². The summed E-state index contributed by atoms with van der Waals surface area (Å²) in [7, 11) is -2.59. The van der Waals surface area contributed by atoms with Gasteiger partial charge >= 0.3 is 0 Å². The van der Waals surface area contributed by atoms with Gasteiger partial charge in [0.25, 0.3) is 16.0 Å². The molecule has 3 aromatic carbocycles. The predicted molar refractivity (Wildman–Crippen MR) is 159 cm³/mol. The van der Waals surface area contributed by atoms with Crippen molar-refractivity contribution in [3.8, 4) is 11.5 Å². The number of hydrogen-bond donors (Lipinski definition) is 1. The van der Waals surface area contributed by atoms with Crippen LogP contribution in [0.1, 0.15) is 41.3 Å². The van der Waals surface area contributed by atoms with Gasteiger partial charge in [0.15, 0.2) is 17.3 Å². The average Bonchev–Trinajstić information content (AvgIpc) is 3.61. The lowest BCUT2D eigenvalue weighted by Crippen LogP contribution is -2.46.